The second-order valence-corrected chi connectivity index (χ2v) is 8.53. The minimum Gasteiger partial charge on any atom is -0.352 e. The van der Waals surface area contributed by atoms with Crippen LogP contribution in [0.3, 0.4) is 0 Å². The Balaban J connectivity index is 2.18. The lowest BCUT2D eigenvalue weighted by atomic mass is 10.2. The number of sulfonamides is 1. The fourth-order valence-electron chi connectivity index (χ4n) is 2.67. The molecular formula is C15H21BrN2O3S. The molecule has 0 aromatic heterocycles. The maximum atomic E-state index is 12.2. The van der Waals surface area contributed by atoms with Crippen LogP contribution in [0.5, 0.6) is 0 Å². The number of amides is 1. The number of hydrogen-bond donors (Lipinski definition) is 1. The van der Waals surface area contributed by atoms with Crippen molar-refractivity contribution in [3.05, 3.63) is 28.2 Å². The van der Waals surface area contributed by atoms with E-state index in [0.29, 0.717) is 10.2 Å². The Morgan fingerprint density at radius 3 is 2.55 bits per heavy atom. The van der Waals surface area contributed by atoms with Gasteiger partial charge in [-0.2, -0.15) is 0 Å². The van der Waals surface area contributed by atoms with Crippen LogP contribution in [0, 0.1) is 6.92 Å². The van der Waals surface area contributed by atoms with Crippen LogP contribution in [0.1, 0.15) is 31.2 Å². The van der Waals surface area contributed by atoms with E-state index in [1.807, 2.05) is 19.1 Å². The Bertz CT molecular complexity index is 655. The number of rotatable bonds is 5. The minimum atomic E-state index is -3.54. The van der Waals surface area contributed by atoms with E-state index in [1.165, 1.54) is 0 Å². The second kappa shape index (κ2) is 7.00. The number of nitrogens with zero attached hydrogens (tertiary/aromatic N) is 1. The Hall–Kier alpha value is -1.08. The smallest absolute Gasteiger partial charge is 0.240 e. The fraction of sp³-hybridized carbons (Fsp3) is 0.533. The molecule has 1 aliphatic rings. The zero-order valence-corrected chi connectivity index (χ0v) is 15.2. The molecule has 1 fully saturated rings. The van der Waals surface area contributed by atoms with Gasteiger partial charge in [-0.1, -0.05) is 18.9 Å². The quantitative estimate of drug-likeness (QED) is 0.842. The molecule has 0 spiro atoms. The van der Waals surface area contributed by atoms with Gasteiger partial charge in [0.25, 0.3) is 0 Å². The Morgan fingerprint density at radius 2 is 2.00 bits per heavy atom. The molecule has 1 aromatic carbocycles. The minimum absolute atomic E-state index is 0.176. The number of carbonyl (C=O) groups excluding carboxylic acids is 1. The molecule has 1 aromatic rings. The van der Waals surface area contributed by atoms with Gasteiger partial charge in [0.05, 0.1) is 11.9 Å². The number of hydrogen-bond acceptors (Lipinski definition) is 3. The molecule has 0 heterocycles. The average Bonchev–Trinajstić information content (AvgIpc) is 2.88. The molecule has 0 radical (unpaired) electrons. The summed E-state index contributed by atoms with van der Waals surface area (Å²) in [5, 5.41) is 2.92. The molecule has 2 rings (SSSR count). The van der Waals surface area contributed by atoms with Crippen LogP contribution >= 0.6 is 15.9 Å². The van der Waals surface area contributed by atoms with E-state index < -0.39 is 10.0 Å². The first-order valence-electron chi connectivity index (χ1n) is 7.30. The first kappa shape index (κ1) is 17.3. The molecule has 0 unspecified atom stereocenters. The highest BCUT2D eigenvalue weighted by Gasteiger charge is 2.24. The lowest BCUT2D eigenvalue weighted by Gasteiger charge is -2.24. The van der Waals surface area contributed by atoms with Gasteiger partial charge in [-0.15, -0.1) is 0 Å². The summed E-state index contributed by atoms with van der Waals surface area (Å²) in [6.07, 6.45) is 5.29. The van der Waals surface area contributed by atoms with Gasteiger partial charge in [-0.05, 0) is 53.4 Å². The summed E-state index contributed by atoms with van der Waals surface area (Å²) in [7, 11) is -3.54. The molecule has 22 heavy (non-hydrogen) atoms. The zero-order valence-electron chi connectivity index (χ0n) is 12.8. The van der Waals surface area contributed by atoms with Crippen LogP contribution < -0.4 is 9.62 Å². The normalized spacial score (nSPS) is 15.8. The highest BCUT2D eigenvalue weighted by atomic mass is 79.9. The molecule has 7 heteroatoms. The first-order valence-corrected chi connectivity index (χ1v) is 9.95. The maximum Gasteiger partial charge on any atom is 0.240 e. The molecule has 122 valence electrons. The Kier molecular flexibility index (Phi) is 5.50. The monoisotopic (exact) mass is 388 g/mol. The van der Waals surface area contributed by atoms with Gasteiger partial charge >= 0.3 is 0 Å². The molecule has 1 N–H and O–H groups in total. The van der Waals surface area contributed by atoms with E-state index in [2.05, 4.69) is 21.2 Å². The highest BCUT2D eigenvalue weighted by molar-refractivity contribution is 9.10. The molecule has 0 saturated heterocycles. The number of nitrogens with one attached hydrogen (secondary N) is 1. The van der Waals surface area contributed by atoms with E-state index in [9.17, 15) is 13.2 Å². The summed E-state index contributed by atoms with van der Waals surface area (Å²) >= 11 is 3.38. The van der Waals surface area contributed by atoms with Gasteiger partial charge in [0, 0.05) is 10.5 Å². The molecule has 0 bridgehead atoms. The van der Waals surface area contributed by atoms with Crippen LogP contribution in [0.4, 0.5) is 5.69 Å². The van der Waals surface area contributed by atoms with Crippen molar-refractivity contribution in [3.63, 3.8) is 0 Å². The molecule has 0 atom stereocenters. The summed E-state index contributed by atoms with van der Waals surface area (Å²) in [6, 6.07) is 5.55. The summed E-state index contributed by atoms with van der Waals surface area (Å²) in [4.78, 5) is 12.2. The van der Waals surface area contributed by atoms with Crippen molar-refractivity contribution in [2.75, 3.05) is 17.1 Å². The van der Waals surface area contributed by atoms with E-state index in [0.717, 1.165) is 41.8 Å². The van der Waals surface area contributed by atoms with Crippen LogP contribution in [0.25, 0.3) is 0 Å². The van der Waals surface area contributed by atoms with Crippen molar-refractivity contribution in [2.45, 2.75) is 38.6 Å². The summed E-state index contributed by atoms with van der Waals surface area (Å²) in [5.74, 6) is -0.259. The van der Waals surface area contributed by atoms with Crippen molar-refractivity contribution >= 4 is 37.5 Å². The number of anilines is 1. The van der Waals surface area contributed by atoms with Crippen molar-refractivity contribution in [3.8, 4) is 0 Å². The molecule has 0 aliphatic heterocycles. The second-order valence-electron chi connectivity index (χ2n) is 5.77. The Morgan fingerprint density at radius 1 is 1.36 bits per heavy atom. The van der Waals surface area contributed by atoms with Gasteiger partial charge in [-0.3, -0.25) is 9.10 Å². The van der Waals surface area contributed by atoms with E-state index in [-0.39, 0.29) is 18.5 Å². The van der Waals surface area contributed by atoms with Crippen molar-refractivity contribution in [1.82, 2.24) is 5.32 Å². The van der Waals surface area contributed by atoms with Crippen LogP contribution in [-0.4, -0.2) is 33.2 Å². The molecule has 5 nitrogen and oxygen atoms in total. The van der Waals surface area contributed by atoms with Gasteiger partial charge in [0.2, 0.25) is 15.9 Å². The predicted molar refractivity (Wildman–Crippen MR) is 91.5 cm³/mol. The van der Waals surface area contributed by atoms with Crippen LogP contribution in [0.2, 0.25) is 0 Å². The van der Waals surface area contributed by atoms with Crippen LogP contribution in [0.15, 0.2) is 22.7 Å². The number of benzene rings is 1. The average molecular weight is 389 g/mol. The summed E-state index contributed by atoms with van der Waals surface area (Å²) in [5.41, 5.74) is 1.49. The predicted octanol–water partition coefficient (Wildman–Crippen LogP) is 2.58. The molecule has 1 amide bonds. The molecular weight excluding hydrogens is 368 g/mol. The van der Waals surface area contributed by atoms with Crippen molar-refractivity contribution in [2.24, 2.45) is 0 Å². The van der Waals surface area contributed by atoms with Gasteiger partial charge < -0.3 is 5.32 Å². The third kappa shape index (κ3) is 4.46. The maximum absolute atomic E-state index is 12.2. The molecule has 1 saturated carbocycles. The molecule has 1 aliphatic carbocycles. The SMILES string of the molecule is Cc1ccc(N(CC(=O)NC2CCCC2)S(C)(=O)=O)c(Br)c1. The summed E-state index contributed by atoms with van der Waals surface area (Å²) < 4.78 is 25.9. The highest BCUT2D eigenvalue weighted by Crippen LogP contribution is 2.29. The first-order chi connectivity index (χ1) is 10.3. The van der Waals surface area contributed by atoms with E-state index in [4.69, 9.17) is 0 Å². The third-order valence-corrected chi connectivity index (χ3v) is 5.54. The van der Waals surface area contributed by atoms with Crippen molar-refractivity contribution < 1.29 is 13.2 Å². The van der Waals surface area contributed by atoms with Gasteiger partial charge in [0.1, 0.15) is 6.54 Å². The fourth-order valence-corrected chi connectivity index (χ4v) is 4.36. The zero-order chi connectivity index (χ0) is 16.3. The third-order valence-electron chi connectivity index (χ3n) is 3.78. The lowest BCUT2D eigenvalue weighted by Crippen LogP contribution is -2.43. The lowest BCUT2D eigenvalue weighted by molar-refractivity contribution is -0.120. The number of halogens is 1. The van der Waals surface area contributed by atoms with E-state index in [1.54, 1.807) is 6.07 Å². The van der Waals surface area contributed by atoms with Crippen LogP contribution in [-0.2, 0) is 14.8 Å². The largest absolute Gasteiger partial charge is 0.352 e. The number of carbonyl (C=O) groups is 1. The van der Waals surface area contributed by atoms with Gasteiger partial charge in [0.15, 0.2) is 0 Å². The standard InChI is InChI=1S/C15H21BrN2O3S/c1-11-7-8-14(13(16)9-11)18(22(2,20)21)10-15(19)17-12-5-3-4-6-12/h7-9,12H,3-6,10H2,1-2H3,(H,17,19). The summed E-state index contributed by atoms with van der Waals surface area (Å²) in [6.45, 7) is 1.73. The van der Waals surface area contributed by atoms with E-state index >= 15 is 0 Å². The van der Waals surface area contributed by atoms with Crippen molar-refractivity contribution in [1.29, 1.82) is 0 Å². The van der Waals surface area contributed by atoms with Gasteiger partial charge in [-0.25, -0.2) is 8.42 Å². The Labute approximate surface area is 140 Å². The number of aryl methyl sites for hydroxylation is 1. The topological polar surface area (TPSA) is 66.5 Å².